The highest BCUT2D eigenvalue weighted by Crippen LogP contribution is 2.16. The molecule has 0 aliphatic rings. The zero-order chi connectivity index (χ0) is 35.6. The molecule has 0 rings (SSSR count). The van der Waals surface area contributed by atoms with Crippen LogP contribution in [-0.2, 0) is 14.3 Å². The third-order valence-corrected chi connectivity index (χ3v) is 9.58. The average Bonchev–Trinajstić information content (AvgIpc) is 3.09. The molecule has 0 atom stereocenters. The predicted octanol–water partition coefficient (Wildman–Crippen LogP) is 15.0. The van der Waals surface area contributed by atoms with Crippen molar-refractivity contribution in [3.05, 3.63) is 36.5 Å². The van der Waals surface area contributed by atoms with Crippen molar-refractivity contribution in [1.82, 2.24) is 0 Å². The fourth-order valence-electron chi connectivity index (χ4n) is 6.41. The van der Waals surface area contributed by atoms with E-state index in [0.29, 0.717) is 19.4 Å². The second kappa shape index (κ2) is 42.3. The van der Waals surface area contributed by atoms with Gasteiger partial charge >= 0.3 is 11.9 Å². The summed E-state index contributed by atoms with van der Waals surface area (Å²) >= 11 is 0. The van der Waals surface area contributed by atoms with Gasteiger partial charge in [-0.15, -0.1) is 0 Å². The summed E-state index contributed by atoms with van der Waals surface area (Å²) in [5.41, 5.74) is 0. The first kappa shape index (κ1) is 47.2. The number of carboxylic acid groups (broad SMARTS) is 1. The lowest BCUT2D eigenvalue weighted by Gasteiger charge is -2.06. The van der Waals surface area contributed by atoms with Crippen molar-refractivity contribution >= 4 is 11.9 Å². The maximum atomic E-state index is 12.0. The summed E-state index contributed by atoms with van der Waals surface area (Å²) in [6.07, 6.45) is 56.1. The van der Waals surface area contributed by atoms with Crippen LogP contribution in [0.25, 0.3) is 0 Å². The Morgan fingerprint density at radius 3 is 1.14 bits per heavy atom. The average molecular weight is 687 g/mol. The van der Waals surface area contributed by atoms with Crippen LogP contribution >= 0.6 is 0 Å². The van der Waals surface area contributed by atoms with Crippen LogP contribution in [0.1, 0.15) is 232 Å². The number of rotatable bonds is 40. The van der Waals surface area contributed by atoms with Crippen LogP contribution < -0.4 is 0 Å². The van der Waals surface area contributed by atoms with E-state index in [1.165, 1.54) is 154 Å². The van der Waals surface area contributed by atoms with E-state index < -0.39 is 5.97 Å². The van der Waals surface area contributed by atoms with Gasteiger partial charge in [0.25, 0.3) is 0 Å². The van der Waals surface area contributed by atoms with Crippen LogP contribution in [0.5, 0.6) is 0 Å². The molecule has 0 amide bonds. The first-order valence-corrected chi connectivity index (χ1v) is 21.5. The van der Waals surface area contributed by atoms with Crippen molar-refractivity contribution in [1.29, 1.82) is 0 Å². The van der Waals surface area contributed by atoms with Gasteiger partial charge in [-0.05, 0) is 51.4 Å². The Morgan fingerprint density at radius 2 is 0.735 bits per heavy atom. The first-order chi connectivity index (χ1) is 24.2. The Hall–Kier alpha value is -1.84. The molecule has 4 heteroatoms. The molecule has 0 heterocycles. The normalized spacial score (nSPS) is 11.9. The molecule has 49 heavy (non-hydrogen) atoms. The monoisotopic (exact) mass is 687 g/mol. The second-order valence-corrected chi connectivity index (χ2v) is 14.4. The molecule has 0 radical (unpaired) electrons. The molecule has 0 spiro atoms. The minimum absolute atomic E-state index is 0.000606. The van der Waals surface area contributed by atoms with Crippen LogP contribution in [0.4, 0.5) is 0 Å². The van der Waals surface area contributed by atoms with Gasteiger partial charge in [0, 0.05) is 12.8 Å². The number of allylic oxidation sites excluding steroid dienone is 6. The van der Waals surface area contributed by atoms with Crippen LogP contribution in [-0.4, -0.2) is 23.7 Å². The van der Waals surface area contributed by atoms with Crippen molar-refractivity contribution in [3.63, 3.8) is 0 Å². The Labute approximate surface area is 305 Å². The smallest absolute Gasteiger partial charge is 0.305 e. The molecular formula is C45H82O4. The fraction of sp³-hybridized carbons (Fsp3) is 0.822. The summed E-state index contributed by atoms with van der Waals surface area (Å²) in [6, 6.07) is 0. The van der Waals surface area contributed by atoms with Gasteiger partial charge in [0.15, 0.2) is 0 Å². The zero-order valence-corrected chi connectivity index (χ0v) is 32.6. The Morgan fingerprint density at radius 1 is 0.408 bits per heavy atom. The zero-order valence-electron chi connectivity index (χ0n) is 32.6. The molecule has 0 aromatic carbocycles. The van der Waals surface area contributed by atoms with E-state index in [1.54, 1.807) is 0 Å². The summed E-state index contributed by atoms with van der Waals surface area (Å²) < 4.78 is 5.45. The van der Waals surface area contributed by atoms with E-state index in [4.69, 9.17) is 9.84 Å². The lowest BCUT2D eigenvalue weighted by Crippen LogP contribution is -2.05. The van der Waals surface area contributed by atoms with E-state index in [0.717, 1.165) is 57.8 Å². The van der Waals surface area contributed by atoms with Crippen LogP contribution in [0.15, 0.2) is 36.5 Å². The Balaban J connectivity index is 3.19. The van der Waals surface area contributed by atoms with E-state index in [9.17, 15) is 9.59 Å². The molecule has 0 aliphatic heterocycles. The van der Waals surface area contributed by atoms with Crippen molar-refractivity contribution in [2.45, 2.75) is 232 Å². The number of hydrogen-bond donors (Lipinski definition) is 1. The first-order valence-electron chi connectivity index (χ1n) is 21.5. The molecule has 0 aromatic heterocycles. The maximum absolute atomic E-state index is 12.0. The minimum atomic E-state index is -0.657. The molecule has 0 aromatic rings. The summed E-state index contributed by atoms with van der Waals surface area (Å²) in [5.74, 6) is -0.657. The highest BCUT2D eigenvalue weighted by Gasteiger charge is 2.03. The standard InChI is InChI=1S/C45H82O4/c1-2-3-4-5-6-7-8-9-20-24-27-30-33-36-39-42-45(48)49-43-40-37-34-31-28-25-22-19-17-15-13-11-10-12-14-16-18-21-23-26-29-32-35-38-41-44(46)47/h3-4,6-7,9,20H,2,5,8,10-19,21-43H2,1H3,(H,46,47)/b4-3-,7-6-,20-9-. The Kier molecular flexibility index (Phi) is 40.7. The number of carboxylic acids is 1. The quantitative estimate of drug-likeness (QED) is 0.0396. The van der Waals surface area contributed by atoms with Crippen molar-refractivity contribution in [2.75, 3.05) is 6.61 Å². The predicted molar refractivity (Wildman–Crippen MR) is 213 cm³/mol. The topological polar surface area (TPSA) is 63.6 Å². The number of esters is 1. The molecule has 0 fully saturated rings. The highest BCUT2D eigenvalue weighted by molar-refractivity contribution is 5.69. The molecule has 0 saturated carbocycles. The molecule has 0 saturated heterocycles. The van der Waals surface area contributed by atoms with Crippen LogP contribution in [0.3, 0.4) is 0 Å². The number of carbonyl (C=O) groups excluding carboxylic acids is 1. The van der Waals surface area contributed by atoms with Crippen molar-refractivity contribution in [3.8, 4) is 0 Å². The Bertz CT molecular complexity index is 768. The molecule has 0 aliphatic carbocycles. The lowest BCUT2D eigenvalue weighted by atomic mass is 10.0. The van der Waals surface area contributed by atoms with Gasteiger partial charge in [-0.25, -0.2) is 0 Å². The van der Waals surface area contributed by atoms with E-state index >= 15 is 0 Å². The van der Waals surface area contributed by atoms with E-state index in [2.05, 4.69) is 43.4 Å². The molecule has 286 valence electrons. The molecule has 0 bridgehead atoms. The van der Waals surface area contributed by atoms with Crippen molar-refractivity contribution < 1.29 is 19.4 Å². The second-order valence-electron chi connectivity index (χ2n) is 14.4. The number of ether oxygens (including phenoxy) is 1. The summed E-state index contributed by atoms with van der Waals surface area (Å²) in [6.45, 7) is 2.77. The number of carbonyl (C=O) groups is 2. The van der Waals surface area contributed by atoms with Gasteiger partial charge in [0.2, 0.25) is 0 Å². The van der Waals surface area contributed by atoms with Gasteiger partial charge < -0.3 is 9.84 Å². The molecule has 0 unspecified atom stereocenters. The lowest BCUT2D eigenvalue weighted by molar-refractivity contribution is -0.144. The molecule has 1 N–H and O–H groups in total. The molecular weight excluding hydrogens is 604 g/mol. The third-order valence-electron chi connectivity index (χ3n) is 9.58. The van der Waals surface area contributed by atoms with Crippen LogP contribution in [0, 0.1) is 0 Å². The summed E-state index contributed by atoms with van der Waals surface area (Å²) in [7, 11) is 0. The number of unbranched alkanes of at least 4 members (excludes halogenated alkanes) is 28. The number of aliphatic carboxylic acids is 1. The third kappa shape index (κ3) is 44.1. The summed E-state index contributed by atoms with van der Waals surface area (Å²) in [4.78, 5) is 22.5. The fourth-order valence-corrected chi connectivity index (χ4v) is 6.41. The van der Waals surface area contributed by atoms with Crippen LogP contribution in [0.2, 0.25) is 0 Å². The van der Waals surface area contributed by atoms with Crippen molar-refractivity contribution in [2.24, 2.45) is 0 Å². The van der Waals surface area contributed by atoms with Gasteiger partial charge in [0.1, 0.15) is 0 Å². The van der Waals surface area contributed by atoms with Gasteiger partial charge in [0.05, 0.1) is 6.61 Å². The minimum Gasteiger partial charge on any atom is -0.481 e. The summed E-state index contributed by atoms with van der Waals surface area (Å²) in [5, 5.41) is 8.65. The van der Waals surface area contributed by atoms with E-state index in [1.807, 2.05) is 0 Å². The largest absolute Gasteiger partial charge is 0.481 e. The SMILES string of the molecule is CC/C=C\C/C=C\C/C=C\CCCCCCCC(=O)OCCCCCCCCCCCCCCCCCCCCCCCCCCC(=O)O. The maximum Gasteiger partial charge on any atom is 0.305 e. The van der Waals surface area contributed by atoms with E-state index in [-0.39, 0.29) is 5.97 Å². The highest BCUT2D eigenvalue weighted by atomic mass is 16.5. The van der Waals surface area contributed by atoms with Gasteiger partial charge in [-0.2, -0.15) is 0 Å². The number of hydrogen-bond acceptors (Lipinski definition) is 3. The van der Waals surface area contributed by atoms with Gasteiger partial charge in [-0.1, -0.05) is 204 Å². The van der Waals surface area contributed by atoms with Gasteiger partial charge in [-0.3, -0.25) is 9.59 Å². The molecule has 4 nitrogen and oxygen atoms in total.